The lowest BCUT2D eigenvalue weighted by Gasteiger charge is -2.29. The molecule has 216 valence electrons. The molecule has 0 spiro atoms. The highest BCUT2D eigenvalue weighted by Gasteiger charge is 2.59. The van der Waals surface area contributed by atoms with Gasteiger partial charge in [-0.1, -0.05) is 24.1 Å². The van der Waals surface area contributed by atoms with Crippen LogP contribution < -0.4 is 20.9 Å². The van der Waals surface area contributed by atoms with Crippen molar-refractivity contribution in [3.8, 4) is 18.1 Å². The number of nitrogens with zero attached hydrogens (tertiary/aromatic N) is 1. The number of aromatic amines is 1. The minimum atomic E-state index is -4.39. The number of para-hydroxylation sites is 1. The maximum absolute atomic E-state index is 13.8. The molecule has 2 aromatic rings. The fraction of sp³-hybridized carbons (Fsp3) is 0.440. The number of nitrogens with one attached hydrogen (secondary N) is 2. The third-order valence-electron chi connectivity index (χ3n) is 5.51. The minimum Gasteiger partial charge on any atom is -0.462 e. The molecule has 14 nitrogen and oxygen atoms in total. The molecular weight excluding hydrogens is 549 g/mol. The second kappa shape index (κ2) is 12.6. The van der Waals surface area contributed by atoms with Gasteiger partial charge in [-0.25, -0.2) is 9.36 Å². The number of hydrogen-bond acceptors (Lipinski definition) is 11. The van der Waals surface area contributed by atoms with Gasteiger partial charge < -0.3 is 23.8 Å². The number of benzene rings is 1. The Labute approximate surface area is 229 Å². The van der Waals surface area contributed by atoms with E-state index in [0.29, 0.717) is 0 Å². The molecule has 1 aliphatic heterocycles. The number of carbonyl (C=O) groups is 2. The van der Waals surface area contributed by atoms with Gasteiger partial charge in [0.05, 0.1) is 12.7 Å². The molecular formula is C25H30N3O11P. The lowest BCUT2D eigenvalue weighted by Crippen LogP contribution is -2.50. The van der Waals surface area contributed by atoms with Crippen LogP contribution in [0.2, 0.25) is 0 Å². The van der Waals surface area contributed by atoms with Crippen LogP contribution in [0.3, 0.4) is 0 Å². The molecule has 3 N–H and O–H groups in total. The summed E-state index contributed by atoms with van der Waals surface area (Å²) in [7, 11) is -4.39. The van der Waals surface area contributed by atoms with E-state index in [1.807, 2.05) is 4.98 Å². The van der Waals surface area contributed by atoms with Crippen LogP contribution in [-0.2, 0) is 32.9 Å². The van der Waals surface area contributed by atoms with Crippen LogP contribution in [0.5, 0.6) is 5.75 Å². The summed E-state index contributed by atoms with van der Waals surface area (Å²) in [6.07, 6.45) is 1.50. The van der Waals surface area contributed by atoms with Gasteiger partial charge in [-0.3, -0.25) is 28.5 Å². The van der Waals surface area contributed by atoms with Crippen molar-refractivity contribution in [2.45, 2.75) is 63.9 Å². The molecule has 1 aliphatic rings. The van der Waals surface area contributed by atoms with E-state index >= 15 is 0 Å². The van der Waals surface area contributed by atoms with E-state index in [-0.39, 0.29) is 5.75 Å². The highest BCUT2D eigenvalue weighted by Crippen LogP contribution is 2.47. The van der Waals surface area contributed by atoms with E-state index in [2.05, 4.69) is 11.0 Å². The summed E-state index contributed by atoms with van der Waals surface area (Å²) in [5.41, 5.74) is -4.10. The number of H-pyrrole nitrogens is 1. The fourth-order valence-electron chi connectivity index (χ4n) is 3.78. The Morgan fingerprint density at radius 2 is 1.93 bits per heavy atom. The van der Waals surface area contributed by atoms with Gasteiger partial charge in [0.15, 0.2) is 12.3 Å². The molecule has 6 atom stereocenters. The van der Waals surface area contributed by atoms with E-state index in [9.17, 15) is 28.8 Å². The number of rotatable bonds is 11. The molecule has 2 heterocycles. The Morgan fingerprint density at radius 1 is 1.25 bits per heavy atom. The third-order valence-corrected chi connectivity index (χ3v) is 7.16. The van der Waals surface area contributed by atoms with Crippen molar-refractivity contribution in [2.75, 3.05) is 6.61 Å². The highest BCUT2D eigenvalue weighted by molar-refractivity contribution is 7.52. The Morgan fingerprint density at radius 3 is 2.50 bits per heavy atom. The number of esters is 2. The van der Waals surface area contributed by atoms with Crippen LogP contribution >= 0.6 is 7.75 Å². The molecule has 0 amide bonds. The van der Waals surface area contributed by atoms with Crippen LogP contribution in [0, 0.1) is 12.3 Å². The molecule has 0 saturated carbocycles. The molecule has 15 heteroatoms. The summed E-state index contributed by atoms with van der Waals surface area (Å²) in [5.74, 6) is 0.632. The first-order chi connectivity index (χ1) is 18.8. The summed E-state index contributed by atoms with van der Waals surface area (Å²) in [5, 5.41) is 13.8. The maximum atomic E-state index is 13.8. The average Bonchev–Trinajstić information content (AvgIpc) is 3.14. The lowest BCUT2D eigenvalue weighted by atomic mass is 9.94. The standard InChI is InChI=1S/C25H30N3O11P/c1-6-25(33)21(37-17(5)29)19(38-23(25)28-13-12-20(30)26-24(28)32)14-35-40(34,39-18-10-8-7-9-11-18)27-16(4)22(31)36-15(2)3/h1,7-13,15-16,19,21,23,33H,14H2,2-5H3,(H,27,34)(H,26,30,32)/t16-,19+,21+,23+,25+,40?/m0/s1. The summed E-state index contributed by atoms with van der Waals surface area (Å²) in [4.78, 5) is 50.3. The Balaban J connectivity index is 1.93. The Hall–Kier alpha value is -3.73. The summed E-state index contributed by atoms with van der Waals surface area (Å²) < 4.78 is 42.0. The molecule has 40 heavy (non-hydrogen) atoms. The van der Waals surface area contributed by atoms with Gasteiger partial charge in [0, 0.05) is 19.2 Å². The van der Waals surface area contributed by atoms with E-state index in [4.69, 9.17) is 29.7 Å². The summed E-state index contributed by atoms with van der Waals surface area (Å²) in [6, 6.07) is 7.77. The van der Waals surface area contributed by atoms with Crippen LogP contribution in [-0.4, -0.2) is 63.2 Å². The van der Waals surface area contributed by atoms with E-state index in [0.717, 1.165) is 23.8 Å². The lowest BCUT2D eigenvalue weighted by molar-refractivity contribution is -0.157. The first-order valence-corrected chi connectivity index (χ1v) is 13.6. The van der Waals surface area contributed by atoms with Crippen molar-refractivity contribution < 1.29 is 42.5 Å². The van der Waals surface area contributed by atoms with E-state index < -0.39 is 73.7 Å². The third kappa shape index (κ3) is 7.26. The van der Waals surface area contributed by atoms with Crippen molar-refractivity contribution in [1.82, 2.24) is 14.6 Å². The predicted molar refractivity (Wildman–Crippen MR) is 139 cm³/mol. The van der Waals surface area contributed by atoms with Crippen LogP contribution in [0.1, 0.15) is 33.9 Å². The number of hydrogen-bond donors (Lipinski definition) is 3. The van der Waals surface area contributed by atoms with Crippen LogP contribution in [0.25, 0.3) is 0 Å². The van der Waals surface area contributed by atoms with Gasteiger partial charge in [-0.2, -0.15) is 5.09 Å². The quantitative estimate of drug-likeness (QED) is 0.194. The summed E-state index contributed by atoms with van der Waals surface area (Å²) >= 11 is 0. The van der Waals surface area contributed by atoms with Gasteiger partial charge in [0.25, 0.3) is 5.56 Å². The molecule has 1 unspecified atom stereocenters. The first-order valence-electron chi connectivity index (χ1n) is 12.1. The number of terminal acetylenes is 1. The molecule has 0 radical (unpaired) electrons. The van der Waals surface area contributed by atoms with Crippen LogP contribution in [0.15, 0.2) is 52.2 Å². The number of aromatic nitrogens is 2. The minimum absolute atomic E-state index is 0.129. The molecule has 1 fully saturated rings. The van der Waals surface area contributed by atoms with Crippen molar-refractivity contribution >= 4 is 19.7 Å². The van der Waals surface area contributed by atoms with E-state index in [1.54, 1.807) is 32.0 Å². The zero-order valence-corrected chi connectivity index (χ0v) is 23.0. The Kier molecular flexibility index (Phi) is 9.73. The maximum Gasteiger partial charge on any atom is 0.459 e. The summed E-state index contributed by atoms with van der Waals surface area (Å²) in [6.45, 7) is 5.06. The SMILES string of the molecule is C#C[C@@]1(O)[C@H](OC(C)=O)[C@@H](COP(=O)(N[C@@H](C)C(=O)OC(C)C)Oc2ccccc2)O[C@H]1n1ccc(=O)[nH]c1=O. The van der Waals surface area contributed by atoms with Gasteiger partial charge >= 0.3 is 25.4 Å². The normalized spacial score (nSPS) is 24.5. The first kappa shape index (κ1) is 30.8. The monoisotopic (exact) mass is 579 g/mol. The molecule has 3 rings (SSSR count). The van der Waals surface area contributed by atoms with E-state index in [1.165, 1.54) is 19.1 Å². The second-order valence-corrected chi connectivity index (χ2v) is 10.8. The van der Waals surface area contributed by atoms with Gasteiger partial charge in [-0.15, -0.1) is 6.42 Å². The molecule has 1 saturated heterocycles. The molecule has 1 aromatic carbocycles. The van der Waals surface area contributed by atoms with Crippen molar-refractivity contribution in [3.63, 3.8) is 0 Å². The van der Waals surface area contributed by atoms with Crippen molar-refractivity contribution in [2.24, 2.45) is 0 Å². The number of aliphatic hydroxyl groups is 1. The van der Waals surface area contributed by atoms with Crippen molar-refractivity contribution in [3.05, 3.63) is 63.4 Å². The molecule has 0 bridgehead atoms. The smallest absolute Gasteiger partial charge is 0.459 e. The zero-order valence-electron chi connectivity index (χ0n) is 22.1. The highest BCUT2D eigenvalue weighted by atomic mass is 31.2. The zero-order chi connectivity index (χ0) is 29.7. The van der Waals surface area contributed by atoms with Gasteiger partial charge in [0.2, 0.25) is 5.60 Å². The van der Waals surface area contributed by atoms with Crippen molar-refractivity contribution in [1.29, 1.82) is 0 Å². The topological polar surface area (TPSA) is 184 Å². The number of ether oxygens (including phenoxy) is 3. The van der Waals surface area contributed by atoms with Gasteiger partial charge in [0.1, 0.15) is 17.9 Å². The van der Waals surface area contributed by atoms with Gasteiger partial charge in [-0.05, 0) is 32.9 Å². The molecule has 0 aliphatic carbocycles. The average molecular weight is 579 g/mol. The van der Waals surface area contributed by atoms with Crippen LogP contribution in [0.4, 0.5) is 0 Å². The fourth-order valence-corrected chi connectivity index (χ4v) is 5.29. The Bertz CT molecular complexity index is 1420. The predicted octanol–water partition coefficient (Wildman–Crippen LogP) is 0.863. The largest absolute Gasteiger partial charge is 0.462 e. The molecule has 1 aromatic heterocycles. The second-order valence-electron chi connectivity index (χ2n) is 9.08. The number of carbonyl (C=O) groups excluding carboxylic acids is 2.